The highest BCUT2D eigenvalue weighted by molar-refractivity contribution is 7.99. The molecule has 2 heterocycles. The molecule has 0 fully saturated rings. The summed E-state index contributed by atoms with van der Waals surface area (Å²) in [5.41, 5.74) is 0.881. The number of carboxylic acids is 1. The largest absolute Gasteiger partial charge is 0.481 e. The van der Waals surface area contributed by atoms with E-state index in [1.807, 2.05) is 30.0 Å². The molecule has 0 aromatic carbocycles. The Hall–Kier alpha value is -1.34. The van der Waals surface area contributed by atoms with Crippen molar-refractivity contribution in [3.8, 4) is 0 Å². The number of hydrogen-bond acceptors (Lipinski definition) is 5. The van der Waals surface area contributed by atoms with Gasteiger partial charge in [-0.1, -0.05) is 11.8 Å². The van der Waals surface area contributed by atoms with Gasteiger partial charge in [0, 0.05) is 17.8 Å². The molecular weight excluding hydrogens is 270 g/mol. The van der Waals surface area contributed by atoms with Crippen LogP contribution < -0.4 is 0 Å². The van der Waals surface area contributed by atoms with Gasteiger partial charge in [-0.05, 0) is 13.8 Å². The van der Waals surface area contributed by atoms with Crippen LogP contribution in [0.3, 0.4) is 0 Å². The highest BCUT2D eigenvalue weighted by atomic mass is 32.2. The predicted octanol–water partition coefficient (Wildman–Crippen LogP) is 2.43. The van der Waals surface area contributed by atoms with Crippen LogP contribution in [0.5, 0.6) is 0 Å². The van der Waals surface area contributed by atoms with Crippen molar-refractivity contribution in [1.29, 1.82) is 0 Å². The molecule has 0 saturated heterocycles. The fraction of sp³-hybridized carbons (Fsp3) is 0.364. The maximum atomic E-state index is 10.6. The van der Waals surface area contributed by atoms with Gasteiger partial charge in [0.05, 0.1) is 17.5 Å². The van der Waals surface area contributed by atoms with Crippen molar-refractivity contribution >= 4 is 29.1 Å². The molecule has 0 radical (unpaired) electrons. The summed E-state index contributed by atoms with van der Waals surface area (Å²) in [4.78, 5) is 19.3. The van der Waals surface area contributed by atoms with Crippen LogP contribution in [-0.2, 0) is 4.79 Å². The molecule has 2 rings (SSSR count). The predicted molar refractivity (Wildman–Crippen MR) is 71.3 cm³/mol. The van der Waals surface area contributed by atoms with Crippen LogP contribution in [0, 0.1) is 6.92 Å². The van der Waals surface area contributed by atoms with Crippen LogP contribution in [0.4, 0.5) is 0 Å². The number of nitrogens with zero attached hydrogens (tertiary/aromatic N) is 3. The van der Waals surface area contributed by atoms with E-state index in [4.69, 9.17) is 5.11 Å². The SMILES string of the molecule is Cc1cn(C(C)c2nccs2)c(SCC(=O)O)n1. The van der Waals surface area contributed by atoms with E-state index < -0.39 is 5.97 Å². The Bertz CT molecular complexity index is 536. The van der Waals surface area contributed by atoms with Gasteiger partial charge in [-0.2, -0.15) is 0 Å². The average Bonchev–Trinajstić information content (AvgIpc) is 2.94. The second-order valence-electron chi connectivity index (χ2n) is 3.80. The van der Waals surface area contributed by atoms with Crippen molar-refractivity contribution in [1.82, 2.24) is 14.5 Å². The maximum absolute atomic E-state index is 10.6. The standard InChI is InChI=1S/C11H13N3O2S2/c1-7-5-14(8(2)10-12-3-4-17-10)11(13-7)18-6-9(15)16/h3-5,8H,6H2,1-2H3,(H,15,16). The Morgan fingerprint density at radius 2 is 2.44 bits per heavy atom. The normalized spacial score (nSPS) is 12.6. The molecular formula is C11H13N3O2S2. The van der Waals surface area contributed by atoms with Gasteiger partial charge in [0.1, 0.15) is 5.01 Å². The minimum Gasteiger partial charge on any atom is -0.481 e. The van der Waals surface area contributed by atoms with Crippen LogP contribution in [-0.4, -0.2) is 31.4 Å². The first-order valence-electron chi connectivity index (χ1n) is 5.37. The number of rotatable bonds is 5. The Morgan fingerprint density at radius 1 is 1.67 bits per heavy atom. The molecule has 1 N–H and O–H groups in total. The van der Waals surface area contributed by atoms with E-state index in [1.165, 1.54) is 11.8 Å². The fourth-order valence-electron chi connectivity index (χ4n) is 1.56. The van der Waals surface area contributed by atoms with Crippen LogP contribution in [0.15, 0.2) is 22.9 Å². The number of aryl methyl sites for hydroxylation is 1. The third kappa shape index (κ3) is 2.91. The molecule has 18 heavy (non-hydrogen) atoms. The van der Waals surface area contributed by atoms with Gasteiger partial charge in [-0.25, -0.2) is 9.97 Å². The zero-order chi connectivity index (χ0) is 13.1. The van der Waals surface area contributed by atoms with Gasteiger partial charge >= 0.3 is 5.97 Å². The monoisotopic (exact) mass is 283 g/mol. The number of aromatic nitrogens is 3. The summed E-state index contributed by atoms with van der Waals surface area (Å²) in [5, 5.41) is 12.4. The number of thiazole rings is 1. The Morgan fingerprint density at radius 3 is 3.06 bits per heavy atom. The Balaban J connectivity index is 2.24. The van der Waals surface area contributed by atoms with E-state index in [0.29, 0.717) is 0 Å². The van der Waals surface area contributed by atoms with Crippen LogP contribution in [0.2, 0.25) is 0 Å². The van der Waals surface area contributed by atoms with E-state index in [0.717, 1.165) is 15.9 Å². The lowest BCUT2D eigenvalue weighted by Crippen LogP contribution is -2.08. The molecule has 2 aromatic heterocycles. The molecule has 7 heteroatoms. The van der Waals surface area contributed by atoms with E-state index in [1.54, 1.807) is 17.5 Å². The van der Waals surface area contributed by atoms with E-state index in [9.17, 15) is 4.79 Å². The summed E-state index contributed by atoms with van der Waals surface area (Å²) < 4.78 is 1.97. The molecule has 0 saturated carbocycles. The van der Waals surface area contributed by atoms with Crippen molar-refractivity contribution in [3.63, 3.8) is 0 Å². The first-order valence-corrected chi connectivity index (χ1v) is 7.24. The van der Waals surface area contributed by atoms with E-state index in [2.05, 4.69) is 9.97 Å². The van der Waals surface area contributed by atoms with E-state index in [-0.39, 0.29) is 11.8 Å². The second-order valence-corrected chi connectivity index (χ2v) is 5.67. The van der Waals surface area contributed by atoms with Gasteiger partial charge in [0.2, 0.25) is 0 Å². The van der Waals surface area contributed by atoms with E-state index >= 15 is 0 Å². The van der Waals surface area contributed by atoms with Crippen molar-refractivity contribution in [3.05, 3.63) is 28.5 Å². The van der Waals surface area contributed by atoms with Crippen molar-refractivity contribution < 1.29 is 9.90 Å². The maximum Gasteiger partial charge on any atom is 0.313 e. The molecule has 0 amide bonds. The zero-order valence-corrected chi connectivity index (χ0v) is 11.7. The zero-order valence-electron chi connectivity index (χ0n) is 10.0. The molecule has 0 spiro atoms. The number of carbonyl (C=O) groups is 1. The molecule has 2 aromatic rings. The summed E-state index contributed by atoms with van der Waals surface area (Å²) in [6.07, 6.45) is 3.70. The number of thioether (sulfide) groups is 1. The molecule has 96 valence electrons. The Labute approximate surface area is 113 Å². The second kappa shape index (κ2) is 5.53. The summed E-state index contributed by atoms with van der Waals surface area (Å²) in [6.45, 7) is 3.93. The molecule has 1 atom stereocenters. The summed E-state index contributed by atoms with van der Waals surface area (Å²) in [6, 6.07) is 0.0718. The summed E-state index contributed by atoms with van der Waals surface area (Å²) in [7, 11) is 0. The van der Waals surface area contributed by atoms with Crippen molar-refractivity contribution in [2.45, 2.75) is 25.0 Å². The molecule has 0 aliphatic rings. The molecule has 1 unspecified atom stereocenters. The molecule has 0 aliphatic carbocycles. The summed E-state index contributed by atoms with van der Waals surface area (Å²) in [5.74, 6) is -0.824. The number of aliphatic carboxylic acids is 1. The third-order valence-corrected chi connectivity index (χ3v) is 4.27. The Kier molecular flexibility index (Phi) is 4.03. The molecule has 0 bridgehead atoms. The van der Waals surface area contributed by atoms with Gasteiger partial charge < -0.3 is 9.67 Å². The fourth-order valence-corrected chi connectivity index (χ4v) is 3.08. The highest BCUT2D eigenvalue weighted by Gasteiger charge is 2.16. The minimum absolute atomic E-state index is 0.0149. The smallest absolute Gasteiger partial charge is 0.313 e. The van der Waals surface area contributed by atoms with Crippen LogP contribution in [0.25, 0.3) is 0 Å². The first kappa shape index (κ1) is 13.1. The lowest BCUT2D eigenvalue weighted by molar-refractivity contribution is -0.133. The lowest BCUT2D eigenvalue weighted by Gasteiger charge is -2.12. The van der Waals surface area contributed by atoms with Crippen LogP contribution >= 0.6 is 23.1 Å². The molecule has 5 nitrogen and oxygen atoms in total. The average molecular weight is 283 g/mol. The highest BCUT2D eigenvalue weighted by Crippen LogP contribution is 2.26. The topological polar surface area (TPSA) is 68.0 Å². The lowest BCUT2D eigenvalue weighted by atomic mass is 10.3. The van der Waals surface area contributed by atoms with Crippen LogP contribution in [0.1, 0.15) is 23.7 Å². The summed E-state index contributed by atoms with van der Waals surface area (Å²) >= 11 is 2.81. The minimum atomic E-state index is -0.839. The van der Waals surface area contributed by atoms with Crippen molar-refractivity contribution in [2.24, 2.45) is 0 Å². The van der Waals surface area contributed by atoms with Crippen molar-refractivity contribution in [2.75, 3.05) is 5.75 Å². The number of carboxylic acid groups (broad SMARTS) is 1. The van der Waals surface area contributed by atoms with Gasteiger partial charge in [-0.15, -0.1) is 11.3 Å². The first-order chi connectivity index (χ1) is 8.58. The number of imidazole rings is 1. The quantitative estimate of drug-likeness (QED) is 0.854. The van der Waals surface area contributed by atoms with Gasteiger partial charge in [0.25, 0.3) is 0 Å². The number of hydrogen-bond donors (Lipinski definition) is 1. The van der Waals surface area contributed by atoms with Gasteiger partial charge in [0.15, 0.2) is 5.16 Å². The third-order valence-electron chi connectivity index (χ3n) is 2.37. The van der Waals surface area contributed by atoms with Gasteiger partial charge in [-0.3, -0.25) is 4.79 Å². The molecule has 0 aliphatic heterocycles.